The minimum Gasteiger partial charge on any atom is -0.351 e. The maximum Gasteiger partial charge on any atom is 0.262 e. The van der Waals surface area contributed by atoms with Crippen LogP contribution in [0.4, 0.5) is 0 Å². The van der Waals surface area contributed by atoms with Crippen LogP contribution in [-0.4, -0.2) is 42.9 Å². The summed E-state index contributed by atoms with van der Waals surface area (Å²) in [6.45, 7) is 5.84. The van der Waals surface area contributed by atoms with Gasteiger partial charge in [-0.25, -0.2) is 0 Å². The third-order valence-corrected chi connectivity index (χ3v) is 3.85. The van der Waals surface area contributed by atoms with Gasteiger partial charge in [-0.15, -0.1) is 11.3 Å². The Morgan fingerprint density at radius 1 is 1.38 bits per heavy atom. The van der Waals surface area contributed by atoms with E-state index in [1.165, 1.54) is 11.3 Å². The number of rotatable bonds is 6. The highest BCUT2D eigenvalue weighted by atomic mass is 32.1. The molecule has 0 spiro atoms. The molecule has 0 saturated heterocycles. The van der Waals surface area contributed by atoms with Gasteiger partial charge in [0.2, 0.25) is 5.91 Å². The van der Waals surface area contributed by atoms with Gasteiger partial charge in [-0.05, 0) is 25.3 Å². The molecule has 0 fully saturated rings. The molecule has 1 rings (SSSR count). The highest BCUT2D eigenvalue weighted by molar-refractivity contribution is 7.12. The second kappa shape index (κ2) is 9.16. The van der Waals surface area contributed by atoms with Crippen LogP contribution < -0.4 is 11.1 Å². The molecule has 1 aromatic rings. The van der Waals surface area contributed by atoms with Crippen LogP contribution in [0.5, 0.6) is 0 Å². The molecule has 2 amide bonds. The molecule has 0 aliphatic heterocycles. The van der Waals surface area contributed by atoms with E-state index in [1.54, 1.807) is 11.0 Å². The Balaban J connectivity index is 2.51. The van der Waals surface area contributed by atoms with Crippen molar-refractivity contribution in [2.75, 3.05) is 26.2 Å². The van der Waals surface area contributed by atoms with Crippen LogP contribution in [0.1, 0.15) is 35.5 Å². The van der Waals surface area contributed by atoms with Crippen LogP contribution in [0.25, 0.3) is 0 Å². The van der Waals surface area contributed by atoms with Crippen LogP contribution in [0.2, 0.25) is 0 Å². The largest absolute Gasteiger partial charge is 0.351 e. The van der Waals surface area contributed by atoms with Crippen LogP contribution in [-0.2, 0) is 4.79 Å². The first-order chi connectivity index (χ1) is 10.1. The fraction of sp³-hybridized carbons (Fsp3) is 0.467. The Labute approximate surface area is 129 Å². The molecule has 0 aliphatic rings. The molecule has 0 saturated carbocycles. The van der Waals surface area contributed by atoms with E-state index in [1.807, 2.05) is 19.2 Å². The summed E-state index contributed by atoms with van der Waals surface area (Å²) in [7, 11) is 0. The molecule has 5 nitrogen and oxygen atoms in total. The van der Waals surface area contributed by atoms with Gasteiger partial charge in [0, 0.05) is 31.6 Å². The van der Waals surface area contributed by atoms with E-state index in [2.05, 4.69) is 17.2 Å². The third kappa shape index (κ3) is 5.21. The number of hydrogen-bond acceptors (Lipinski definition) is 4. The second-order valence-corrected chi connectivity index (χ2v) is 5.16. The Kier molecular flexibility index (Phi) is 7.51. The lowest BCUT2D eigenvalue weighted by molar-refractivity contribution is -0.130. The number of hydrogen-bond donors (Lipinski definition) is 2. The van der Waals surface area contributed by atoms with Crippen molar-refractivity contribution in [3.05, 3.63) is 21.9 Å². The lowest BCUT2D eigenvalue weighted by Crippen LogP contribution is -2.34. The van der Waals surface area contributed by atoms with Gasteiger partial charge in [0.05, 0.1) is 6.54 Å². The van der Waals surface area contributed by atoms with E-state index in [0.29, 0.717) is 36.5 Å². The zero-order chi connectivity index (χ0) is 15.7. The number of carbonyl (C=O) groups excluding carboxylic acids is 2. The van der Waals surface area contributed by atoms with E-state index in [4.69, 9.17) is 5.73 Å². The van der Waals surface area contributed by atoms with Crippen molar-refractivity contribution in [3.8, 4) is 11.8 Å². The number of nitrogens with two attached hydrogens (primary N) is 1. The molecule has 0 unspecified atom stereocenters. The highest BCUT2D eigenvalue weighted by Gasteiger charge is 2.13. The van der Waals surface area contributed by atoms with Gasteiger partial charge in [0.15, 0.2) is 0 Å². The molecule has 6 heteroatoms. The van der Waals surface area contributed by atoms with Gasteiger partial charge >= 0.3 is 0 Å². The van der Waals surface area contributed by atoms with E-state index < -0.39 is 0 Å². The van der Waals surface area contributed by atoms with Gasteiger partial charge in [-0.3, -0.25) is 9.59 Å². The topological polar surface area (TPSA) is 75.4 Å². The Bertz CT molecular complexity index is 539. The van der Waals surface area contributed by atoms with Gasteiger partial charge < -0.3 is 16.0 Å². The molecule has 1 aromatic heterocycles. The summed E-state index contributed by atoms with van der Waals surface area (Å²) in [6, 6.07) is 1.79. The summed E-state index contributed by atoms with van der Waals surface area (Å²) in [5.74, 6) is 5.46. The average molecular weight is 307 g/mol. The molecular formula is C15H21N3O2S. The summed E-state index contributed by atoms with van der Waals surface area (Å²) >= 11 is 1.33. The molecule has 0 radical (unpaired) electrons. The van der Waals surface area contributed by atoms with Gasteiger partial charge in [-0.1, -0.05) is 11.8 Å². The summed E-state index contributed by atoms with van der Waals surface area (Å²) in [4.78, 5) is 26.2. The van der Waals surface area contributed by atoms with Crippen LogP contribution in [0.15, 0.2) is 11.4 Å². The van der Waals surface area contributed by atoms with Crippen molar-refractivity contribution in [1.82, 2.24) is 10.2 Å². The lowest BCUT2D eigenvalue weighted by Gasteiger charge is -2.18. The number of amides is 2. The summed E-state index contributed by atoms with van der Waals surface area (Å²) in [5, 5.41) is 4.58. The van der Waals surface area contributed by atoms with Gasteiger partial charge in [0.1, 0.15) is 4.88 Å². The number of carbonyl (C=O) groups is 2. The second-order valence-electron chi connectivity index (χ2n) is 4.24. The normalized spacial score (nSPS) is 9.67. The quantitative estimate of drug-likeness (QED) is 0.771. The molecular weight excluding hydrogens is 286 g/mol. The fourth-order valence-electron chi connectivity index (χ4n) is 1.83. The Hall–Kier alpha value is -1.84. The highest BCUT2D eigenvalue weighted by Crippen LogP contribution is 2.15. The minimum atomic E-state index is -0.196. The standard InChI is InChI=1S/C15H21N3O2S/c1-3-18(4-2)13(19)7-10-17-15(20)14-12(6-5-9-16)8-11-21-14/h8,11H,3-4,7,9-10,16H2,1-2H3,(H,17,20). The average Bonchev–Trinajstić information content (AvgIpc) is 2.94. The number of thiophene rings is 1. The van der Waals surface area contributed by atoms with E-state index >= 15 is 0 Å². The van der Waals surface area contributed by atoms with Crippen molar-refractivity contribution in [3.63, 3.8) is 0 Å². The first-order valence-electron chi connectivity index (χ1n) is 6.96. The van der Waals surface area contributed by atoms with Crippen molar-refractivity contribution < 1.29 is 9.59 Å². The zero-order valence-electron chi connectivity index (χ0n) is 12.4. The zero-order valence-corrected chi connectivity index (χ0v) is 13.3. The molecule has 0 bridgehead atoms. The van der Waals surface area contributed by atoms with Crippen LogP contribution >= 0.6 is 11.3 Å². The molecule has 0 atom stereocenters. The predicted molar refractivity (Wildman–Crippen MR) is 85.1 cm³/mol. The number of nitrogens with one attached hydrogen (secondary N) is 1. The first-order valence-corrected chi connectivity index (χ1v) is 7.84. The Morgan fingerprint density at radius 2 is 2.10 bits per heavy atom. The molecule has 0 aromatic carbocycles. The summed E-state index contributed by atoms with van der Waals surface area (Å²) < 4.78 is 0. The maximum atomic E-state index is 12.1. The monoisotopic (exact) mass is 307 g/mol. The molecule has 114 valence electrons. The predicted octanol–water partition coefficient (Wildman–Crippen LogP) is 1.05. The fourth-order valence-corrected chi connectivity index (χ4v) is 2.59. The van der Waals surface area contributed by atoms with E-state index in [9.17, 15) is 9.59 Å². The van der Waals surface area contributed by atoms with E-state index in [0.717, 1.165) is 0 Å². The van der Waals surface area contributed by atoms with Crippen molar-refractivity contribution in [2.45, 2.75) is 20.3 Å². The van der Waals surface area contributed by atoms with Crippen molar-refractivity contribution in [2.24, 2.45) is 5.73 Å². The van der Waals surface area contributed by atoms with Crippen LogP contribution in [0.3, 0.4) is 0 Å². The first kappa shape index (κ1) is 17.2. The molecule has 1 heterocycles. The minimum absolute atomic E-state index is 0.0506. The molecule has 0 aliphatic carbocycles. The number of nitrogens with zero attached hydrogens (tertiary/aromatic N) is 1. The van der Waals surface area contributed by atoms with Gasteiger partial charge in [0.25, 0.3) is 5.91 Å². The van der Waals surface area contributed by atoms with E-state index in [-0.39, 0.29) is 18.4 Å². The maximum absolute atomic E-state index is 12.1. The molecule has 3 N–H and O–H groups in total. The van der Waals surface area contributed by atoms with Crippen molar-refractivity contribution in [1.29, 1.82) is 0 Å². The SMILES string of the molecule is CCN(CC)C(=O)CCNC(=O)c1sccc1C#CCN. The lowest BCUT2D eigenvalue weighted by atomic mass is 10.2. The smallest absolute Gasteiger partial charge is 0.262 e. The summed E-state index contributed by atoms with van der Waals surface area (Å²) in [5.41, 5.74) is 6.01. The molecule has 21 heavy (non-hydrogen) atoms. The van der Waals surface area contributed by atoms with Crippen LogP contribution in [0, 0.1) is 11.8 Å². The third-order valence-electron chi connectivity index (χ3n) is 2.94. The van der Waals surface area contributed by atoms with Crippen molar-refractivity contribution >= 4 is 23.2 Å². The Morgan fingerprint density at radius 3 is 2.71 bits per heavy atom. The van der Waals surface area contributed by atoms with Gasteiger partial charge in [-0.2, -0.15) is 0 Å². The summed E-state index contributed by atoms with van der Waals surface area (Å²) in [6.07, 6.45) is 0.308.